The number of hydrogen-bond acceptors (Lipinski definition) is 4. The summed E-state index contributed by atoms with van der Waals surface area (Å²) in [6, 6.07) is 6.72. The third-order valence-corrected chi connectivity index (χ3v) is 4.29. The Bertz CT molecular complexity index is 557. The van der Waals surface area contributed by atoms with Crippen molar-refractivity contribution in [1.82, 2.24) is 10.2 Å². The van der Waals surface area contributed by atoms with Gasteiger partial charge in [-0.3, -0.25) is 10.1 Å². The highest BCUT2D eigenvalue weighted by molar-refractivity contribution is 5.74. The molecule has 0 spiro atoms. The number of amides is 2. The summed E-state index contributed by atoms with van der Waals surface area (Å²) in [4.78, 5) is 26.7. The van der Waals surface area contributed by atoms with E-state index in [1.54, 1.807) is 23.1 Å². The largest absolute Gasteiger partial charge is 0.362 e. The lowest BCUT2D eigenvalue weighted by atomic mass is 10.2. The Morgan fingerprint density at radius 2 is 1.88 bits per heavy atom. The fourth-order valence-electron chi connectivity index (χ4n) is 2.90. The quantitative estimate of drug-likeness (QED) is 0.472. The van der Waals surface area contributed by atoms with Crippen LogP contribution in [-0.2, 0) is 0 Å². The van der Waals surface area contributed by atoms with Gasteiger partial charge in [-0.1, -0.05) is 38.3 Å². The molecule has 0 saturated carbocycles. The van der Waals surface area contributed by atoms with Crippen molar-refractivity contribution in [2.45, 2.75) is 32.6 Å². The van der Waals surface area contributed by atoms with E-state index in [-0.39, 0.29) is 16.6 Å². The molecule has 0 atom stereocenters. The van der Waals surface area contributed by atoms with E-state index in [1.807, 2.05) is 4.90 Å². The summed E-state index contributed by atoms with van der Waals surface area (Å²) in [7, 11) is 0. The average molecular weight is 334 g/mol. The van der Waals surface area contributed by atoms with Gasteiger partial charge >= 0.3 is 6.03 Å². The molecule has 0 aliphatic carbocycles. The van der Waals surface area contributed by atoms with Crippen molar-refractivity contribution in [1.29, 1.82) is 0 Å². The minimum Gasteiger partial charge on any atom is -0.362 e. The van der Waals surface area contributed by atoms with Crippen LogP contribution in [0.5, 0.6) is 0 Å². The van der Waals surface area contributed by atoms with Crippen molar-refractivity contribution >= 4 is 17.4 Å². The maximum absolute atomic E-state index is 12.1. The monoisotopic (exact) mass is 334 g/mol. The van der Waals surface area contributed by atoms with E-state index in [0.29, 0.717) is 38.4 Å². The molecule has 132 valence electrons. The minimum atomic E-state index is -0.356. The number of carbonyl (C=O) groups is 1. The van der Waals surface area contributed by atoms with Gasteiger partial charge in [-0.05, 0) is 12.5 Å². The molecule has 2 amide bonds. The molecule has 1 N–H and O–H groups in total. The van der Waals surface area contributed by atoms with E-state index in [0.717, 1.165) is 12.8 Å². The van der Waals surface area contributed by atoms with Crippen LogP contribution >= 0.6 is 0 Å². The highest BCUT2D eigenvalue weighted by Crippen LogP contribution is 2.28. The molecular formula is C17H26N4O3. The third kappa shape index (κ3) is 4.84. The topological polar surface area (TPSA) is 78.7 Å². The molecule has 0 aromatic heterocycles. The van der Waals surface area contributed by atoms with Gasteiger partial charge in [-0.2, -0.15) is 0 Å². The highest BCUT2D eigenvalue weighted by Gasteiger charge is 2.25. The van der Waals surface area contributed by atoms with Crippen molar-refractivity contribution in [3.63, 3.8) is 0 Å². The van der Waals surface area contributed by atoms with E-state index in [2.05, 4.69) is 12.2 Å². The first-order valence-electron chi connectivity index (χ1n) is 8.64. The van der Waals surface area contributed by atoms with Crippen LogP contribution in [0.3, 0.4) is 0 Å². The number of hydrogen-bond donors (Lipinski definition) is 1. The van der Waals surface area contributed by atoms with Gasteiger partial charge in [-0.25, -0.2) is 4.79 Å². The van der Waals surface area contributed by atoms with Crippen molar-refractivity contribution in [2.75, 3.05) is 37.6 Å². The molecule has 7 heteroatoms. The Balaban J connectivity index is 1.81. The maximum Gasteiger partial charge on any atom is 0.317 e. The predicted octanol–water partition coefficient (Wildman–Crippen LogP) is 3.01. The first-order valence-corrected chi connectivity index (χ1v) is 8.64. The number of para-hydroxylation sites is 2. The molecule has 0 radical (unpaired) electrons. The van der Waals surface area contributed by atoms with Gasteiger partial charge in [0, 0.05) is 38.8 Å². The Hall–Kier alpha value is -2.31. The lowest BCUT2D eigenvalue weighted by molar-refractivity contribution is -0.384. The summed E-state index contributed by atoms with van der Waals surface area (Å²) in [6.45, 7) is 5.24. The number of unbranched alkanes of at least 4 members (excludes halogenated alkanes) is 3. The Labute approximate surface area is 142 Å². The number of nitrogens with one attached hydrogen (secondary N) is 1. The van der Waals surface area contributed by atoms with Crippen LogP contribution in [0.4, 0.5) is 16.2 Å². The number of piperazine rings is 1. The molecular weight excluding hydrogens is 308 g/mol. The fourth-order valence-corrected chi connectivity index (χ4v) is 2.90. The fraction of sp³-hybridized carbons (Fsp3) is 0.588. The molecule has 1 aromatic carbocycles. The van der Waals surface area contributed by atoms with Gasteiger partial charge < -0.3 is 15.1 Å². The molecule has 0 bridgehead atoms. The third-order valence-electron chi connectivity index (χ3n) is 4.29. The zero-order valence-corrected chi connectivity index (χ0v) is 14.2. The average Bonchev–Trinajstić information content (AvgIpc) is 2.61. The molecule has 1 fully saturated rings. The van der Waals surface area contributed by atoms with Crippen LogP contribution in [0.15, 0.2) is 24.3 Å². The van der Waals surface area contributed by atoms with Gasteiger partial charge in [0.1, 0.15) is 5.69 Å². The zero-order chi connectivity index (χ0) is 17.4. The van der Waals surface area contributed by atoms with Crippen LogP contribution in [0.2, 0.25) is 0 Å². The smallest absolute Gasteiger partial charge is 0.317 e. The summed E-state index contributed by atoms with van der Waals surface area (Å²) < 4.78 is 0. The van der Waals surface area contributed by atoms with E-state index in [9.17, 15) is 14.9 Å². The standard InChI is InChI=1S/C17H26N4O3/c1-2-3-4-7-10-18-17(22)20-13-11-19(12-14-20)15-8-5-6-9-16(15)21(23)24/h5-6,8-9H,2-4,7,10-14H2,1H3,(H,18,22). The van der Waals surface area contributed by atoms with Crippen LogP contribution in [0, 0.1) is 10.1 Å². The number of carbonyl (C=O) groups excluding carboxylic acids is 1. The summed E-state index contributed by atoms with van der Waals surface area (Å²) in [6.07, 6.45) is 4.53. The Morgan fingerprint density at radius 1 is 1.17 bits per heavy atom. The van der Waals surface area contributed by atoms with E-state index in [4.69, 9.17) is 0 Å². The van der Waals surface area contributed by atoms with Crippen LogP contribution in [-0.4, -0.2) is 48.6 Å². The van der Waals surface area contributed by atoms with Crippen LogP contribution in [0.1, 0.15) is 32.6 Å². The van der Waals surface area contributed by atoms with Crippen molar-refractivity contribution < 1.29 is 9.72 Å². The predicted molar refractivity (Wildman–Crippen MR) is 94.4 cm³/mol. The second kappa shape index (κ2) is 9.10. The van der Waals surface area contributed by atoms with Gasteiger partial charge in [0.15, 0.2) is 0 Å². The van der Waals surface area contributed by atoms with Crippen molar-refractivity contribution in [3.8, 4) is 0 Å². The molecule has 1 aliphatic rings. The number of nitro benzene ring substituents is 1. The van der Waals surface area contributed by atoms with Crippen molar-refractivity contribution in [2.24, 2.45) is 0 Å². The molecule has 1 aromatic rings. The number of urea groups is 1. The summed E-state index contributed by atoms with van der Waals surface area (Å²) >= 11 is 0. The summed E-state index contributed by atoms with van der Waals surface area (Å²) in [5.41, 5.74) is 0.744. The van der Waals surface area contributed by atoms with Gasteiger partial charge in [0.25, 0.3) is 5.69 Å². The molecule has 1 saturated heterocycles. The molecule has 1 aliphatic heterocycles. The van der Waals surface area contributed by atoms with Crippen molar-refractivity contribution in [3.05, 3.63) is 34.4 Å². The van der Waals surface area contributed by atoms with Gasteiger partial charge in [0.05, 0.1) is 4.92 Å². The molecule has 0 unspecified atom stereocenters. The summed E-state index contributed by atoms with van der Waals surface area (Å²) in [5.74, 6) is 0. The SMILES string of the molecule is CCCCCCNC(=O)N1CCN(c2ccccc2[N+](=O)[O-])CC1. The maximum atomic E-state index is 12.1. The van der Waals surface area contributed by atoms with E-state index < -0.39 is 0 Å². The zero-order valence-electron chi connectivity index (χ0n) is 14.2. The molecule has 2 rings (SSSR count). The molecule has 7 nitrogen and oxygen atoms in total. The van der Waals surface area contributed by atoms with Crippen LogP contribution < -0.4 is 10.2 Å². The first-order chi connectivity index (χ1) is 11.6. The number of nitro groups is 1. The number of rotatable bonds is 7. The second-order valence-corrected chi connectivity index (χ2v) is 6.01. The van der Waals surface area contributed by atoms with E-state index in [1.165, 1.54) is 18.9 Å². The van der Waals surface area contributed by atoms with Crippen LogP contribution in [0.25, 0.3) is 0 Å². The summed E-state index contributed by atoms with van der Waals surface area (Å²) in [5, 5.41) is 14.1. The molecule has 1 heterocycles. The highest BCUT2D eigenvalue weighted by atomic mass is 16.6. The van der Waals surface area contributed by atoms with E-state index >= 15 is 0 Å². The lowest BCUT2D eigenvalue weighted by Crippen LogP contribution is -2.52. The number of benzene rings is 1. The second-order valence-electron chi connectivity index (χ2n) is 6.01. The number of nitrogens with zero attached hydrogens (tertiary/aromatic N) is 3. The van der Waals surface area contributed by atoms with Gasteiger partial charge in [-0.15, -0.1) is 0 Å². The normalized spacial score (nSPS) is 14.5. The molecule has 24 heavy (non-hydrogen) atoms. The Kier molecular flexibility index (Phi) is 6.84. The lowest BCUT2D eigenvalue weighted by Gasteiger charge is -2.35. The minimum absolute atomic E-state index is 0.0336. The first kappa shape index (κ1) is 18.0. The van der Waals surface area contributed by atoms with Gasteiger partial charge in [0.2, 0.25) is 0 Å². The number of anilines is 1. The Morgan fingerprint density at radius 3 is 2.54 bits per heavy atom.